The van der Waals surface area contributed by atoms with E-state index in [-0.39, 0.29) is 23.4 Å². The number of ether oxygens (including phenoxy) is 2. The van der Waals surface area contributed by atoms with Gasteiger partial charge in [0.15, 0.2) is 29.3 Å². The molecule has 3 heterocycles. The SMILES string of the molecule is CC[C@H]1O[C@@H](n2cnc3c(N(C(=O)c4ccccc4)C(=O)c4ccccc4)ncnc32)[C@@H](OC(=O)c2ccccc2)[C@@H]1C. The Bertz CT molecular complexity index is 1710. The summed E-state index contributed by atoms with van der Waals surface area (Å²) < 4.78 is 14.1. The number of rotatable bonds is 7. The molecule has 1 aliphatic rings. The van der Waals surface area contributed by atoms with E-state index in [1.807, 2.05) is 19.9 Å². The van der Waals surface area contributed by atoms with Gasteiger partial charge < -0.3 is 9.47 Å². The number of fused-ring (bicyclic) bond motifs is 1. The van der Waals surface area contributed by atoms with Crippen molar-refractivity contribution in [2.45, 2.75) is 38.7 Å². The number of benzene rings is 3. The molecule has 0 radical (unpaired) electrons. The maximum atomic E-state index is 13.8. The Hall–Kier alpha value is -5.22. The van der Waals surface area contributed by atoms with Crippen LogP contribution < -0.4 is 4.90 Å². The first-order valence-electron chi connectivity index (χ1n) is 14.1. The van der Waals surface area contributed by atoms with E-state index in [4.69, 9.17) is 9.47 Å². The Morgan fingerprint density at radius 2 is 1.37 bits per heavy atom. The van der Waals surface area contributed by atoms with Crippen LogP contribution in [0, 0.1) is 5.92 Å². The number of hydrogen-bond acceptors (Lipinski definition) is 8. The minimum absolute atomic E-state index is 0.0300. The van der Waals surface area contributed by atoms with Crippen LogP contribution in [0.3, 0.4) is 0 Å². The number of imide groups is 1. The molecule has 0 spiro atoms. The summed E-state index contributed by atoms with van der Waals surface area (Å²) in [6.07, 6.45) is 1.91. The Morgan fingerprint density at radius 1 is 0.814 bits per heavy atom. The fourth-order valence-corrected chi connectivity index (χ4v) is 5.37. The number of amides is 2. The average molecular weight is 576 g/mol. The van der Waals surface area contributed by atoms with E-state index in [1.54, 1.807) is 89.5 Å². The van der Waals surface area contributed by atoms with E-state index in [0.717, 1.165) is 4.90 Å². The van der Waals surface area contributed by atoms with Crippen LogP contribution in [0.25, 0.3) is 11.2 Å². The minimum atomic E-state index is -0.747. The van der Waals surface area contributed by atoms with Crippen LogP contribution in [0.5, 0.6) is 0 Å². The lowest BCUT2D eigenvalue weighted by Gasteiger charge is -2.23. The zero-order valence-electron chi connectivity index (χ0n) is 23.6. The highest BCUT2D eigenvalue weighted by atomic mass is 16.6. The molecule has 1 fully saturated rings. The predicted octanol–water partition coefficient (Wildman–Crippen LogP) is 5.48. The molecule has 10 nitrogen and oxygen atoms in total. The van der Waals surface area contributed by atoms with Gasteiger partial charge in [0.2, 0.25) is 0 Å². The molecule has 0 saturated carbocycles. The number of esters is 1. The van der Waals surface area contributed by atoms with Gasteiger partial charge in [-0.2, -0.15) is 0 Å². The second-order valence-electron chi connectivity index (χ2n) is 10.3. The third-order valence-corrected chi connectivity index (χ3v) is 7.63. The van der Waals surface area contributed by atoms with Gasteiger partial charge in [-0.1, -0.05) is 68.4 Å². The summed E-state index contributed by atoms with van der Waals surface area (Å²) in [5.74, 6) is -1.68. The lowest BCUT2D eigenvalue weighted by atomic mass is 9.98. The Labute approximate surface area is 247 Å². The van der Waals surface area contributed by atoms with E-state index < -0.39 is 30.1 Å². The number of imidazole rings is 1. The molecule has 216 valence electrons. The molecule has 3 aromatic carbocycles. The molecule has 0 aliphatic carbocycles. The Morgan fingerprint density at radius 3 is 1.93 bits per heavy atom. The molecule has 1 aliphatic heterocycles. The highest BCUT2D eigenvalue weighted by Gasteiger charge is 2.45. The minimum Gasteiger partial charge on any atom is -0.454 e. The molecule has 4 atom stereocenters. The number of hydrogen-bond donors (Lipinski definition) is 0. The normalized spacial score (nSPS) is 19.7. The maximum absolute atomic E-state index is 13.8. The lowest BCUT2D eigenvalue weighted by molar-refractivity contribution is -0.0469. The van der Waals surface area contributed by atoms with E-state index in [2.05, 4.69) is 15.0 Å². The largest absolute Gasteiger partial charge is 0.454 e. The van der Waals surface area contributed by atoms with E-state index >= 15 is 0 Å². The predicted molar refractivity (Wildman–Crippen MR) is 158 cm³/mol. The van der Waals surface area contributed by atoms with Crippen LogP contribution in [0.4, 0.5) is 5.82 Å². The quantitative estimate of drug-likeness (QED) is 0.185. The zero-order chi connectivity index (χ0) is 29.9. The van der Waals surface area contributed by atoms with Crippen LogP contribution in [0.15, 0.2) is 104 Å². The van der Waals surface area contributed by atoms with E-state index in [0.29, 0.717) is 28.8 Å². The monoisotopic (exact) mass is 575 g/mol. The van der Waals surface area contributed by atoms with Gasteiger partial charge in [0.25, 0.3) is 11.8 Å². The molecule has 5 aromatic rings. The van der Waals surface area contributed by atoms with E-state index in [1.165, 1.54) is 12.7 Å². The van der Waals surface area contributed by atoms with Crippen molar-refractivity contribution in [2.75, 3.05) is 4.90 Å². The summed E-state index contributed by atoms with van der Waals surface area (Å²) in [4.78, 5) is 55.1. The number of carbonyl (C=O) groups excluding carboxylic acids is 3. The number of nitrogens with zero attached hydrogens (tertiary/aromatic N) is 5. The van der Waals surface area contributed by atoms with Crippen molar-refractivity contribution in [3.05, 3.63) is 120 Å². The number of anilines is 1. The van der Waals surface area contributed by atoms with Gasteiger partial charge >= 0.3 is 5.97 Å². The van der Waals surface area contributed by atoms with Gasteiger partial charge in [-0.15, -0.1) is 0 Å². The Kier molecular flexibility index (Phi) is 7.76. The topological polar surface area (TPSA) is 117 Å². The van der Waals surface area contributed by atoms with Crippen LogP contribution in [0.2, 0.25) is 0 Å². The Balaban J connectivity index is 1.42. The van der Waals surface area contributed by atoms with Gasteiger partial charge in [0.05, 0.1) is 18.0 Å². The first-order valence-corrected chi connectivity index (χ1v) is 14.1. The standard InChI is InChI=1S/C33H29N5O5/c1-3-25-21(2)27(43-33(41)24-17-11-6-12-18-24)32(42-25)37-20-36-26-28(37)34-19-35-29(26)38(30(39)22-13-7-4-8-14-22)31(40)23-15-9-5-10-16-23/h4-21,25,27,32H,3H2,1-2H3/t21-,25-,27+,32-/m1/s1. The molecular weight excluding hydrogens is 546 g/mol. The molecule has 6 rings (SSSR count). The fourth-order valence-electron chi connectivity index (χ4n) is 5.37. The summed E-state index contributed by atoms with van der Waals surface area (Å²) in [6.45, 7) is 3.99. The third-order valence-electron chi connectivity index (χ3n) is 7.63. The summed E-state index contributed by atoms with van der Waals surface area (Å²) in [5.41, 5.74) is 1.60. The van der Waals surface area contributed by atoms with Crippen molar-refractivity contribution in [1.29, 1.82) is 0 Å². The molecule has 0 N–H and O–H groups in total. The molecule has 1 saturated heterocycles. The average Bonchev–Trinajstić information content (AvgIpc) is 3.63. The van der Waals surface area contributed by atoms with Crippen molar-refractivity contribution in [3.63, 3.8) is 0 Å². The molecule has 0 unspecified atom stereocenters. The first kappa shape index (κ1) is 27.9. The first-order chi connectivity index (χ1) is 21.0. The van der Waals surface area contributed by atoms with Crippen LogP contribution in [0.1, 0.15) is 57.6 Å². The van der Waals surface area contributed by atoms with Crippen molar-refractivity contribution in [2.24, 2.45) is 5.92 Å². The fraction of sp³-hybridized carbons (Fsp3) is 0.212. The molecule has 0 bridgehead atoms. The van der Waals surface area contributed by atoms with Gasteiger partial charge in [-0.3, -0.25) is 14.2 Å². The summed E-state index contributed by atoms with van der Waals surface area (Å²) in [7, 11) is 0. The zero-order valence-corrected chi connectivity index (χ0v) is 23.6. The van der Waals surface area contributed by atoms with E-state index in [9.17, 15) is 14.4 Å². The summed E-state index contributed by atoms with van der Waals surface area (Å²) >= 11 is 0. The lowest BCUT2D eigenvalue weighted by Crippen LogP contribution is -2.38. The van der Waals surface area contributed by atoms with Crippen molar-refractivity contribution < 1.29 is 23.9 Å². The number of aromatic nitrogens is 4. The van der Waals surface area contributed by atoms with Gasteiger partial charge in [0, 0.05) is 17.0 Å². The van der Waals surface area contributed by atoms with Gasteiger partial charge in [-0.25, -0.2) is 24.6 Å². The molecule has 10 heteroatoms. The van der Waals surface area contributed by atoms with Crippen LogP contribution in [-0.2, 0) is 9.47 Å². The van der Waals surface area contributed by atoms with Crippen molar-refractivity contribution in [3.8, 4) is 0 Å². The van der Waals surface area contributed by atoms with Crippen molar-refractivity contribution >= 4 is 34.8 Å². The second kappa shape index (κ2) is 11.9. The highest BCUT2D eigenvalue weighted by molar-refractivity contribution is 6.27. The molecule has 2 amide bonds. The van der Waals surface area contributed by atoms with Crippen LogP contribution in [-0.4, -0.2) is 49.5 Å². The maximum Gasteiger partial charge on any atom is 0.338 e. The second-order valence-corrected chi connectivity index (χ2v) is 10.3. The molecule has 2 aromatic heterocycles. The smallest absolute Gasteiger partial charge is 0.338 e. The van der Waals surface area contributed by atoms with Crippen molar-refractivity contribution in [1.82, 2.24) is 19.5 Å². The van der Waals surface area contributed by atoms with Gasteiger partial charge in [-0.05, 0) is 42.8 Å². The molecule has 43 heavy (non-hydrogen) atoms. The molecular formula is C33H29N5O5. The summed E-state index contributed by atoms with van der Waals surface area (Å²) in [6, 6.07) is 25.8. The van der Waals surface area contributed by atoms with Gasteiger partial charge in [0.1, 0.15) is 6.33 Å². The third kappa shape index (κ3) is 5.28. The highest BCUT2D eigenvalue weighted by Crippen LogP contribution is 2.39. The van der Waals surface area contributed by atoms with Crippen LogP contribution >= 0.6 is 0 Å². The number of carbonyl (C=O) groups is 3. The summed E-state index contributed by atoms with van der Waals surface area (Å²) in [5, 5.41) is 0.